The van der Waals surface area contributed by atoms with Gasteiger partial charge >= 0.3 is 5.97 Å². The zero-order chi connectivity index (χ0) is 15.0. The molecule has 0 aliphatic carbocycles. The summed E-state index contributed by atoms with van der Waals surface area (Å²) in [4.78, 5) is 13.9. The molecule has 0 aromatic heterocycles. The van der Waals surface area contributed by atoms with Crippen LogP contribution in [0.4, 0.5) is 0 Å². The van der Waals surface area contributed by atoms with E-state index in [0.717, 1.165) is 45.6 Å². The van der Waals surface area contributed by atoms with Gasteiger partial charge in [0.15, 0.2) is 0 Å². The van der Waals surface area contributed by atoms with Crippen molar-refractivity contribution in [2.45, 2.75) is 57.5 Å². The highest BCUT2D eigenvalue weighted by Crippen LogP contribution is 2.19. The standard InChI is InChI=1S/C15H30N2O3/c1-4-9-16-15(5-2,14(18)19)8-6-10-17(3)13-7-11-20-12-13/h13,16H,4-12H2,1-3H3,(H,18,19). The molecule has 0 aromatic carbocycles. The summed E-state index contributed by atoms with van der Waals surface area (Å²) in [6.45, 7) is 7.35. The lowest BCUT2D eigenvalue weighted by atomic mass is 9.90. The fourth-order valence-electron chi connectivity index (χ4n) is 2.77. The molecule has 1 aliphatic heterocycles. The number of nitrogens with one attached hydrogen (secondary N) is 1. The summed E-state index contributed by atoms with van der Waals surface area (Å²) in [6.07, 6.45) is 4.23. The van der Waals surface area contributed by atoms with Crippen LogP contribution in [0.5, 0.6) is 0 Å². The van der Waals surface area contributed by atoms with Crippen molar-refractivity contribution < 1.29 is 14.6 Å². The number of carboxylic acids is 1. The molecule has 1 saturated heterocycles. The van der Waals surface area contributed by atoms with Crippen molar-refractivity contribution in [2.75, 3.05) is 33.4 Å². The molecule has 2 N–H and O–H groups in total. The molecule has 5 nitrogen and oxygen atoms in total. The second-order valence-corrected chi connectivity index (χ2v) is 5.77. The quantitative estimate of drug-likeness (QED) is 0.640. The van der Waals surface area contributed by atoms with Crippen LogP contribution in [0.25, 0.3) is 0 Å². The van der Waals surface area contributed by atoms with Crippen molar-refractivity contribution in [3.8, 4) is 0 Å². The van der Waals surface area contributed by atoms with Crippen LogP contribution in [-0.4, -0.2) is 60.9 Å². The number of ether oxygens (including phenoxy) is 1. The molecule has 0 radical (unpaired) electrons. The molecule has 1 fully saturated rings. The first kappa shape index (κ1) is 17.4. The average Bonchev–Trinajstić information content (AvgIpc) is 2.96. The van der Waals surface area contributed by atoms with Gasteiger partial charge in [-0.15, -0.1) is 0 Å². The van der Waals surface area contributed by atoms with Gasteiger partial charge in [0, 0.05) is 12.6 Å². The van der Waals surface area contributed by atoms with E-state index < -0.39 is 11.5 Å². The number of nitrogens with zero attached hydrogens (tertiary/aromatic N) is 1. The number of rotatable bonds is 10. The van der Waals surface area contributed by atoms with Gasteiger partial charge in [0.05, 0.1) is 6.61 Å². The van der Waals surface area contributed by atoms with E-state index in [1.54, 1.807) is 0 Å². The van der Waals surface area contributed by atoms with E-state index in [4.69, 9.17) is 4.74 Å². The molecule has 0 aromatic rings. The Morgan fingerprint density at radius 2 is 2.25 bits per heavy atom. The number of carbonyl (C=O) groups is 1. The third-order valence-electron chi connectivity index (χ3n) is 4.37. The van der Waals surface area contributed by atoms with Gasteiger partial charge in [-0.2, -0.15) is 0 Å². The minimum Gasteiger partial charge on any atom is -0.480 e. The van der Waals surface area contributed by atoms with E-state index in [9.17, 15) is 9.90 Å². The monoisotopic (exact) mass is 286 g/mol. The van der Waals surface area contributed by atoms with E-state index in [1.807, 2.05) is 6.92 Å². The Balaban J connectivity index is 2.42. The van der Waals surface area contributed by atoms with Gasteiger partial charge in [-0.3, -0.25) is 4.79 Å². The molecular formula is C15H30N2O3. The van der Waals surface area contributed by atoms with E-state index in [0.29, 0.717) is 18.9 Å². The second-order valence-electron chi connectivity index (χ2n) is 5.77. The smallest absolute Gasteiger partial charge is 0.323 e. The first-order valence-corrected chi connectivity index (χ1v) is 7.82. The van der Waals surface area contributed by atoms with Crippen molar-refractivity contribution in [1.29, 1.82) is 0 Å². The fourth-order valence-corrected chi connectivity index (χ4v) is 2.77. The minimum absolute atomic E-state index is 0.499. The Bertz CT molecular complexity index is 293. The molecule has 0 bridgehead atoms. The molecule has 1 rings (SSSR count). The third kappa shape index (κ3) is 4.72. The molecule has 1 heterocycles. The van der Waals surface area contributed by atoms with Crippen LogP contribution in [0.15, 0.2) is 0 Å². The molecule has 2 unspecified atom stereocenters. The van der Waals surface area contributed by atoms with E-state index in [1.165, 1.54) is 0 Å². The van der Waals surface area contributed by atoms with E-state index in [-0.39, 0.29) is 0 Å². The molecule has 1 aliphatic rings. The predicted molar refractivity (Wildman–Crippen MR) is 80.0 cm³/mol. The maximum absolute atomic E-state index is 11.6. The summed E-state index contributed by atoms with van der Waals surface area (Å²) in [5, 5.41) is 12.8. The molecule has 118 valence electrons. The van der Waals surface area contributed by atoms with Crippen molar-refractivity contribution in [2.24, 2.45) is 0 Å². The van der Waals surface area contributed by atoms with Crippen molar-refractivity contribution in [1.82, 2.24) is 10.2 Å². The number of likely N-dealkylation sites (N-methyl/N-ethyl adjacent to an activating group) is 1. The Morgan fingerprint density at radius 3 is 2.75 bits per heavy atom. The zero-order valence-electron chi connectivity index (χ0n) is 13.2. The van der Waals surface area contributed by atoms with Crippen LogP contribution in [0, 0.1) is 0 Å². The van der Waals surface area contributed by atoms with Crippen LogP contribution >= 0.6 is 0 Å². The van der Waals surface area contributed by atoms with Gasteiger partial charge in [0.2, 0.25) is 0 Å². The lowest BCUT2D eigenvalue weighted by molar-refractivity contribution is -0.145. The van der Waals surface area contributed by atoms with Gasteiger partial charge in [-0.05, 0) is 52.2 Å². The lowest BCUT2D eigenvalue weighted by Gasteiger charge is -2.31. The average molecular weight is 286 g/mol. The van der Waals surface area contributed by atoms with Gasteiger partial charge in [-0.1, -0.05) is 13.8 Å². The van der Waals surface area contributed by atoms with Gasteiger partial charge in [0.25, 0.3) is 0 Å². The summed E-state index contributed by atoms with van der Waals surface area (Å²) in [5.41, 5.74) is -0.761. The minimum atomic E-state index is -0.761. The predicted octanol–water partition coefficient (Wildman–Crippen LogP) is 1.72. The zero-order valence-corrected chi connectivity index (χ0v) is 13.2. The molecule has 0 amide bonds. The topological polar surface area (TPSA) is 61.8 Å². The maximum Gasteiger partial charge on any atom is 0.323 e. The van der Waals surface area contributed by atoms with E-state index in [2.05, 4.69) is 24.2 Å². The van der Waals surface area contributed by atoms with Crippen LogP contribution in [0.1, 0.15) is 46.0 Å². The summed E-state index contributed by atoms with van der Waals surface area (Å²) < 4.78 is 5.39. The van der Waals surface area contributed by atoms with Gasteiger partial charge in [-0.25, -0.2) is 0 Å². The number of hydrogen-bond acceptors (Lipinski definition) is 4. The molecule has 20 heavy (non-hydrogen) atoms. The van der Waals surface area contributed by atoms with E-state index >= 15 is 0 Å². The van der Waals surface area contributed by atoms with Crippen LogP contribution < -0.4 is 5.32 Å². The molecule has 5 heteroatoms. The SMILES string of the molecule is CCCNC(CC)(CCCN(C)C1CCOC1)C(=O)O. The number of aliphatic carboxylic acids is 1. The number of hydrogen-bond donors (Lipinski definition) is 2. The number of carboxylic acid groups (broad SMARTS) is 1. The van der Waals surface area contributed by atoms with Gasteiger partial charge < -0.3 is 20.1 Å². The van der Waals surface area contributed by atoms with Crippen LogP contribution in [0.2, 0.25) is 0 Å². The first-order chi connectivity index (χ1) is 9.55. The summed E-state index contributed by atoms with van der Waals surface area (Å²) in [6, 6.07) is 0.499. The van der Waals surface area contributed by atoms with Gasteiger partial charge in [0.1, 0.15) is 5.54 Å². The highest BCUT2D eigenvalue weighted by molar-refractivity contribution is 5.78. The first-order valence-electron chi connectivity index (χ1n) is 7.82. The van der Waals surface area contributed by atoms with Crippen LogP contribution in [-0.2, 0) is 9.53 Å². The Hall–Kier alpha value is -0.650. The second kappa shape index (κ2) is 8.60. The van der Waals surface area contributed by atoms with Crippen molar-refractivity contribution in [3.05, 3.63) is 0 Å². The third-order valence-corrected chi connectivity index (χ3v) is 4.37. The van der Waals surface area contributed by atoms with Crippen molar-refractivity contribution in [3.63, 3.8) is 0 Å². The molecule has 0 saturated carbocycles. The summed E-state index contributed by atoms with van der Waals surface area (Å²) >= 11 is 0. The highest BCUT2D eigenvalue weighted by Gasteiger charge is 2.35. The maximum atomic E-state index is 11.6. The summed E-state index contributed by atoms with van der Waals surface area (Å²) in [5.74, 6) is -0.722. The highest BCUT2D eigenvalue weighted by atomic mass is 16.5. The Labute approximate surface area is 122 Å². The fraction of sp³-hybridized carbons (Fsp3) is 0.933. The normalized spacial score (nSPS) is 22.1. The molecular weight excluding hydrogens is 256 g/mol. The summed E-state index contributed by atoms with van der Waals surface area (Å²) in [7, 11) is 2.10. The lowest BCUT2D eigenvalue weighted by Crippen LogP contribution is -2.52. The molecule has 0 spiro atoms. The molecule has 2 atom stereocenters. The largest absolute Gasteiger partial charge is 0.480 e. The Kier molecular flexibility index (Phi) is 7.48. The Morgan fingerprint density at radius 1 is 1.50 bits per heavy atom. The van der Waals surface area contributed by atoms with Crippen molar-refractivity contribution >= 4 is 5.97 Å². The van der Waals surface area contributed by atoms with Crippen LogP contribution in [0.3, 0.4) is 0 Å².